The molecule has 1 amide bonds. The van der Waals surface area contributed by atoms with E-state index in [1.54, 1.807) is 7.11 Å². The second kappa shape index (κ2) is 8.96. The van der Waals surface area contributed by atoms with Crippen molar-refractivity contribution in [3.05, 3.63) is 59.7 Å². The van der Waals surface area contributed by atoms with E-state index in [2.05, 4.69) is 19.2 Å². The van der Waals surface area contributed by atoms with Crippen molar-refractivity contribution in [3.8, 4) is 11.5 Å². The lowest BCUT2D eigenvalue weighted by atomic mass is 10.0. The number of carbonyl (C=O) groups is 1. The summed E-state index contributed by atoms with van der Waals surface area (Å²) >= 11 is 0. The summed E-state index contributed by atoms with van der Waals surface area (Å²) in [5.41, 5.74) is 2.27. The number of ether oxygens (including phenoxy) is 2. The van der Waals surface area contributed by atoms with E-state index in [-0.39, 0.29) is 12.5 Å². The maximum absolute atomic E-state index is 11.9. The zero-order valence-electron chi connectivity index (χ0n) is 14.5. The first-order valence-corrected chi connectivity index (χ1v) is 8.21. The Morgan fingerprint density at radius 3 is 2.46 bits per heavy atom. The van der Waals surface area contributed by atoms with Crippen LogP contribution in [0.4, 0.5) is 0 Å². The van der Waals surface area contributed by atoms with E-state index in [9.17, 15) is 4.79 Å². The van der Waals surface area contributed by atoms with E-state index >= 15 is 0 Å². The van der Waals surface area contributed by atoms with Crippen molar-refractivity contribution in [3.63, 3.8) is 0 Å². The molecule has 0 aliphatic carbocycles. The molecule has 2 aromatic rings. The second-order valence-electron chi connectivity index (χ2n) is 5.93. The van der Waals surface area contributed by atoms with Crippen LogP contribution >= 0.6 is 0 Å². The minimum absolute atomic E-state index is 0.0341. The predicted molar refractivity (Wildman–Crippen MR) is 95.7 cm³/mol. The van der Waals surface area contributed by atoms with Gasteiger partial charge in [0.1, 0.15) is 11.5 Å². The van der Waals surface area contributed by atoms with Crippen molar-refractivity contribution < 1.29 is 14.3 Å². The van der Waals surface area contributed by atoms with E-state index in [0.29, 0.717) is 12.5 Å². The molecule has 0 aromatic heterocycles. The van der Waals surface area contributed by atoms with Crippen molar-refractivity contribution in [2.24, 2.45) is 0 Å². The Morgan fingerprint density at radius 1 is 1.08 bits per heavy atom. The molecule has 0 unspecified atom stereocenters. The zero-order valence-corrected chi connectivity index (χ0v) is 14.5. The lowest BCUT2D eigenvalue weighted by Gasteiger charge is -2.13. The normalized spacial score (nSPS) is 10.5. The second-order valence-corrected chi connectivity index (χ2v) is 5.93. The Balaban J connectivity index is 1.75. The molecule has 2 aromatic carbocycles. The van der Waals surface area contributed by atoms with Gasteiger partial charge in [0.2, 0.25) is 0 Å². The molecule has 0 fully saturated rings. The molecule has 0 aliphatic heterocycles. The molecule has 0 heterocycles. The number of para-hydroxylation sites is 1. The lowest BCUT2D eigenvalue weighted by molar-refractivity contribution is -0.123. The van der Waals surface area contributed by atoms with E-state index in [1.807, 2.05) is 48.5 Å². The van der Waals surface area contributed by atoms with Gasteiger partial charge in [0.25, 0.3) is 5.91 Å². The third-order valence-electron chi connectivity index (χ3n) is 3.79. The zero-order chi connectivity index (χ0) is 17.4. The van der Waals surface area contributed by atoms with E-state index in [1.165, 1.54) is 0 Å². The molecule has 4 nitrogen and oxygen atoms in total. The monoisotopic (exact) mass is 327 g/mol. The molecular weight excluding hydrogens is 302 g/mol. The summed E-state index contributed by atoms with van der Waals surface area (Å²) in [5, 5.41) is 2.88. The van der Waals surface area contributed by atoms with Crippen LogP contribution < -0.4 is 14.8 Å². The van der Waals surface area contributed by atoms with Gasteiger partial charge in [0.15, 0.2) is 6.61 Å². The molecule has 0 spiro atoms. The summed E-state index contributed by atoms with van der Waals surface area (Å²) in [6, 6.07) is 15.7. The first-order chi connectivity index (χ1) is 11.6. The third-order valence-corrected chi connectivity index (χ3v) is 3.79. The standard InChI is InChI=1S/C20H25NO3/c1-15(2)18-6-4-5-7-19(18)24-14-20(22)21-13-12-16-8-10-17(23-3)11-9-16/h4-11,15H,12-14H2,1-3H3,(H,21,22). The first kappa shape index (κ1) is 17.9. The molecule has 128 valence electrons. The van der Waals surface area contributed by atoms with E-state index in [4.69, 9.17) is 9.47 Å². The maximum atomic E-state index is 11.9. The summed E-state index contributed by atoms with van der Waals surface area (Å²) in [6.45, 7) is 4.83. The summed E-state index contributed by atoms with van der Waals surface area (Å²) in [6.07, 6.45) is 0.776. The van der Waals surface area contributed by atoms with Gasteiger partial charge in [-0.2, -0.15) is 0 Å². The van der Waals surface area contributed by atoms with Crippen LogP contribution in [0.3, 0.4) is 0 Å². The first-order valence-electron chi connectivity index (χ1n) is 8.21. The van der Waals surface area contributed by atoms with Gasteiger partial charge in [-0.15, -0.1) is 0 Å². The highest BCUT2D eigenvalue weighted by Gasteiger charge is 2.09. The number of hydrogen-bond donors (Lipinski definition) is 1. The maximum Gasteiger partial charge on any atom is 0.257 e. The van der Waals surface area contributed by atoms with Gasteiger partial charge in [-0.25, -0.2) is 0 Å². The van der Waals surface area contributed by atoms with Crippen LogP contribution in [-0.4, -0.2) is 26.2 Å². The van der Waals surface area contributed by atoms with Crippen molar-refractivity contribution in [1.29, 1.82) is 0 Å². The Bertz CT molecular complexity index is 650. The van der Waals surface area contributed by atoms with Gasteiger partial charge < -0.3 is 14.8 Å². The highest BCUT2D eigenvalue weighted by atomic mass is 16.5. The Labute approximate surface area is 143 Å². The number of amides is 1. The summed E-state index contributed by atoms with van der Waals surface area (Å²) in [5.74, 6) is 1.86. The average molecular weight is 327 g/mol. The molecular formula is C20H25NO3. The van der Waals surface area contributed by atoms with Gasteiger partial charge in [0.05, 0.1) is 7.11 Å². The van der Waals surface area contributed by atoms with E-state index in [0.717, 1.165) is 29.0 Å². The Kier molecular flexibility index (Phi) is 6.67. The molecule has 0 aliphatic rings. The van der Waals surface area contributed by atoms with Gasteiger partial charge in [0, 0.05) is 6.54 Å². The van der Waals surface area contributed by atoms with Gasteiger partial charge in [-0.1, -0.05) is 44.2 Å². The predicted octanol–water partition coefficient (Wildman–Crippen LogP) is 3.56. The topological polar surface area (TPSA) is 47.6 Å². The number of benzene rings is 2. The van der Waals surface area contributed by atoms with Crippen molar-refractivity contribution in [1.82, 2.24) is 5.32 Å². The third kappa shape index (κ3) is 5.30. The van der Waals surface area contributed by atoms with Gasteiger partial charge >= 0.3 is 0 Å². The van der Waals surface area contributed by atoms with E-state index < -0.39 is 0 Å². The van der Waals surface area contributed by atoms with Crippen LogP contribution in [-0.2, 0) is 11.2 Å². The van der Waals surface area contributed by atoms with Crippen LogP contribution in [0.25, 0.3) is 0 Å². The molecule has 24 heavy (non-hydrogen) atoms. The van der Waals surface area contributed by atoms with Crippen LogP contribution in [0, 0.1) is 0 Å². The van der Waals surface area contributed by atoms with Crippen molar-refractivity contribution in [2.45, 2.75) is 26.2 Å². The fraction of sp³-hybridized carbons (Fsp3) is 0.350. The Morgan fingerprint density at radius 2 is 1.79 bits per heavy atom. The lowest BCUT2D eigenvalue weighted by Crippen LogP contribution is -2.30. The summed E-state index contributed by atoms with van der Waals surface area (Å²) in [7, 11) is 1.65. The molecule has 4 heteroatoms. The van der Waals surface area contributed by atoms with Crippen LogP contribution in [0.5, 0.6) is 11.5 Å². The highest BCUT2D eigenvalue weighted by Crippen LogP contribution is 2.25. The fourth-order valence-electron chi connectivity index (χ4n) is 2.42. The van der Waals surface area contributed by atoms with Crippen LogP contribution in [0.2, 0.25) is 0 Å². The number of hydrogen-bond acceptors (Lipinski definition) is 3. The highest BCUT2D eigenvalue weighted by molar-refractivity contribution is 5.77. The number of nitrogens with one attached hydrogen (secondary N) is 1. The SMILES string of the molecule is COc1ccc(CCNC(=O)COc2ccccc2C(C)C)cc1. The minimum atomic E-state index is -0.109. The van der Waals surface area contributed by atoms with Crippen LogP contribution in [0.15, 0.2) is 48.5 Å². The van der Waals surface area contributed by atoms with Gasteiger partial charge in [-0.3, -0.25) is 4.79 Å². The molecule has 0 atom stereocenters. The Hall–Kier alpha value is -2.49. The molecule has 1 N–H and O–H groups in total. The molecule has 0 saturated heterocycles. The molecule has 0 saturated carbocycles. The quantitative estimate of drug-likeness (QED) is 0.806. The number of carbonyl (C=O) groups excluding carboxylic acids is 1. The van der Waals surface area contributed by atoms with Crippen molar-refractivity contribution in [2.75, 3.05) is 20.3 Å². The molecule has 0 bridgehead atoms. The number of methoxy groups -OCH3 is 1. The number of rotatable bonds is 8. The minimum Gasteiger partial charge on any atom is -0.497 e. The smallest absolute Gasteiger partial charge is 0.257 e. The average Bonchev–Trinajstić information content (AvgIpc) is 2.60. The summed E-state index contributed by atoms with van der Waals surface area (Å²) < 4.78 is 10.8. The fourth-order valence-corrected chi connectivity index (χ4v) is 2.42. The van der Waals surface area contributed by atoms with Crippen LogP contribution in [0.1, 0.15) is 30.9 Å². The molecule has 2 rings (SSSR count). The molecule has 0 radical (unpaired) electrons. The summed E-state index contributed by atoms with van der Waals surface area (Å²) in [4.78, 5) is 11.9. The largest absolute Gasteiger partial charge is 0.497 e. The van der Waals surface area contributed by atoms with Crippen molar-refractivity contribution >= 4 is 5.91 Å². The van der Waals surface area contributed by atoms with Gasteiger partial charge in [-0.05, 0) is 41.7 Å².